The second-order valence-electron chi connectivity index (χ2n) is 4.03. The maximum absolute atomic E-state index is 12.3. The molecule has 0 bridgehead atoms. The molecule has 0 aliphatic carbocycles. The van der Waals surface area contributed by atoms with E-state index in [4.69, 9.17) is 9.68 Å². The first-order valence-electron chi connectivity index (χ1n) is 5.62. The monoisotopic (exact) mass is 351 g/mol. The molecule has 1 aromatic carbocycles. The fourth-order valence-electron chi connectivity index (χ4n) is 1.57. The summed E-state index contributed by atoms with van der Waals surface area (Å²) in [6.45, 7) is 1.74. The zero-order valence-corrected chi connectivity index (χ0v) is 12.9. The molecule has 102 valence electrons. The highest BCUT2D eigenvalue weighted by atomic mass is 79.9. The molecule has 0 unspecified atom stereocenters. The number of benzene rings is 1. The van der Waals surface area contributed by atoms with Crippen LogP contribution in [0.5, 0.6) is 0 Å². The number of hydrogen-bond donors (Lipinski definition) is 0. The van der Waals surface area contributed by atoms with Crippen molar-refractivity contribution in [1.82, 2.24) is 0 Å². The molecule has 0 saturated carbocycles. The second-order valence-corrected chi connectivity index (χ2v) is 6.86. The average molecular weight is 352 g/mol. The summed E-state index contributed by atoms with van der Waals surface area (Å²) in [5.74, 6) is 0.981. The van der Waals surface area contributed by atoms with Crippen molar-refractivity contribution in [3.63, 3.8) is 0 Å². The molecule has 0 aliphatic heterocycles. The van der Waals surface area contributed by atoms with Gasteiger partial charge in [-0.05, 0) is 43.3 Å². The number of hydrogen-bond acceptors (Lipinski definition) is 4. The van der Waals surface area contributed by atoms with E-state index < -0.39 is 9.84 Å². The lowest BCUT2D eigenvalue weighted by Gasteiger charge is -2.02. The first-order chi connectivity index (χ1) is 9.43. The zero-order chi connectivity index (χ0) is 14.8. The lowest BCUT2D eigenvalue weighted by Crippen LogP contribution is -2.03. The van der Waals surface area contributed by atoms with Gasteiger partial charge in [0, 0.05) is 10.5 Å². The van der Waals surface area contributed by atoms with Gasteiger partial charge < -0.3 is 4.42 Å². The highest BCUT2D eigenvalue weighted by molar-refractivity contribution is 9.10. The number of furan rings is 1. The van der Waals surface area contributed by atoms with E-state index >= 15 is 0 Å². The number of aryl methyl sites for hydroxylation is 1. The molecule has 2 aromatic rings. The van der Waals surface area contributed by atoms with Gasteiger partial charge in [0.05, 0.1) is 4.90 Å². The van der Waals surface area contributed by atoms with Crippen molar-refractivity contribution in [2.75, 3.05) is 0 Å². The lowest BCUT2D eigenvalue weighted by molar-refractivity contribution is 0.525. The van der Waals surface area contributed by atoms with Crippen LogP contribution >= 0.6 is 15.9 Å². The van der Waals surface area contributed by atoms with Crippen molar-refractivity contribution in [1.29, 1.82) is 5.26 Å². The molecule has 0 atom stereocenters. The summed E-state index contributed by atoms with van der Waals surface area (Å²) >= 11 is 3.23. The normalized spacial score (nSPS) is 12.2. The van der Waals surface area contributed by atoms with E-state index in [0.29, 0.717) is 11.5 Å². The smallest absolute Gasteiger partial charge is 0.216 e. The maximum Gasteiger partial charge on any atom is 0.216 e. The summed E-state index contributed by atoms with van der Waals surface area (Å²) in [5.41, 5.74) is 0. The topological polar surface area (TPSA) is 71.1 Å². The van der Waals surface area contributed by atoms with Crippen LogP contribution in [0, 0.1) is 18.3 Å². The Morgan fingerprint density at radius 3 is 2.40 bits per heavy atom. The van der Waals surface area contributed by atoms with Gasteiger partial charge in [-0.1, -0.05) is 15.9 Å². The Hall–Kier alpha value is -1.84. The molecule has 0 N–H and O–H groups in total. The zero-order valence-electron chi connectivity index (χ0n) is 10.5. The Labute approximate surface area is 125 Å². The third kappa shape index (κ3) is 3.00. The summed E-state index contributed by atoms with van der Waals surface area (Å²) in [5, 5.41) is 9.10. The van der Waals surface area contributed by atoms with E-state index in [0.717, 1.165) is 4.47 Å². The maximum atomic E-state index is 12.3. The molecule has 0 radical (unpaired) electrons. The molecule has 0 spiro atoms. The van der Waals surface area contributed by atoms with Crippen LogP contribution in [0.15, 0.2) is 55.1 Å². The predicted octanol–water partition coefficient (Wildman–Crippen LogP) is 3.69. The molecule has 4 nitrogen and oxygen atoms in total. The van der Waals surface area contributed by atoms with Crippen LogP contribution in [0.25, 0.3) is 6.08 Å². The van der Waals surface area contributed by atoms with Gasteiger partial charge >= 0.3 is 0 Å². The number of allylic oxidation sites excluding steroid dienone is 1. The Bertz CT molecular complexity index is 796. The van der Waals surface area contributed by atoms with Crippen molar-refractivity contribution in [3.8, 4) is 6.07 Å². The predicted molar refractivity (Wildman–Crippen MR) is 78.4 cm³/mol. The largest absolute Gasteiger partial charge is 0.462 e. The van der Waals surface area contributed by atoms with E-state index in [1.807, 2.05) is 0 Å². The summed E-state index contributed by atoms with van der Waals surface area (Å²) in [4.78, 5) is -0.286. The van der Waals surface area contributed by atoms with Gasteiger partial charge in [-0.25, -0.2) is 8.42 Å². The van der Waals surface area contributed by atoms with Crippen molar-refractivity contribution in [3.05, 3.63) is 57.3 Å². The third-order valence-corrected chi connectivity index (χ3v) is 4.77. The van der Waals surface area contributed by atoms with Gasteiger partial charge in [0.2, 0.25) is 9.84 Å². The molecule has 0 amide bonds. The van der Waals surface area contributed by atoms with E-state index in [1.165, 1.54) is 18.2 Å². The van der Waals surface area contributed by atoms with E-state index in [-0.39, 0.29) is 9.80 Å². The van der Waals surface area contributed by atoms with Crippen LogP contribution in [0.3, 0.4) is 0 Å². The van der Waals surface area contributed by atoms with Crippen molar-refractivity contribution in [2.45, 2.75) is 11.8 Å². The molecular formula is C14H10BrNO3S. The van der Waals surface area contributed by atoms with Crippen molar-refractivity contribution < 1.29 is 12.8 Å². The number of rotatable bonds is 3. The molecule has 2 rings (SSSR count). The van der Waals surface area contributed by atoms with Crippen LogP contribution in [-0.4, -0.2) is 8.42 Å². The minimum absolute atomic E-state index is 0.0665. The Morgan fingerprint density at radius 1 is 1.25 bits per heavy atom. The van der Waals surface area contributed by atoms with Gasteiger partial charge in [-0.3, -0.25) is 0 Å². The summed E-state index contributed by atoms with van der Waals surface area (Å²) < 4.78 is 30.7. The average Bonchev–Trinajstić information content (AvgIpc) is 2.82. The molecule has 1 heterocycles. The third-order valence-electron chi connectivity index (χ3n) is 2.56. The van der Waals surface area contributed by atoms with Crippen LogP contribution in [0.4, 0.5) is 0 Å². The van der Waals surface area contributed by atoms with E-state index in [1.54, 1.807) is 37.3 Å². The number of halogens is 1. The highest BCUT2D eigenvalue weighted by Gasteiger charge is 2.21. The Balaban J connectivity index is 2.48. The van der Waals surface area contributed by atoms with Crippen molar-refractivity contribution in [2.24, 2.45) is 0 Å². The minimum Gasteiger partial charge on any atom is -0.462 e. The first kappa shape index (κ1) is 14.6. The van der Waals surface area contributed by atoms with Crippen LogP contribution in [0.1, 0.15) is 11.5 Å². The fourth-order valence-corrected chi connectivity index (χ4v) is 2.97. The summed E-state index contributed by atoms with van der Waals surface area (Å²) in [6, 6.07) is 11.1. The summed E-state index contributed by atoms with van der Waals surface area (Å²) in [6.07, 6.45) is 1.23. The molecular weight excluding hydrogens is 342 g/mol. The second kappa shape index (κ2) is 5.65. The van der Waals surface area contributed by atoms with Gasteiger partial charge in [-0.2, -0.15) is 5.26 Å². The first-order valence-corrected chi connectivity index (χ1v) is 7.90. The number of nitriles is 1. The SMILES string of the molecule is Cc1ccc(C=C(C#N)S(=O)(=O)c2ccc(Br)cc2)o1. The Morgan fingerprint density at radius 2 is 1.90 bits per heavy atom. The van der Waals surface area contributed by atoms with Crippen molar-refractivity contribution >= 4 is 31.8 Å². The molecule has 0 aliphatic rings. The molecule has 1 aromatic heterocycles. The number of nitrogens with zero attached hydrogens (tertiary/aromatic N) is 1. The van der Waals surface area contributed by atoms with Gasteiger partial charge in [0.15, 0.2) is 4.91 Å². The molecule has 20 heavy (non-hydrogen) atoms. The molecule has 0 saturated heterocycles. The van der Waals surface area contributed by atoms with Crippen LogP contribution < -0.4 is 0 Å². The lowest BCUT2D eigenvalue weighted by atomic mass is 10.4. The quantitative estimate of drug-likeness (QED) is 0.790. The van der Waals surface area contributed by atoms with E-state index in [2.05, 4.69) is 15.9 Å². The summed E-state index contributed by atoms with van der Waals surface area (Å²) in [7, 11) is -3.84. The van der Waals surface area contributed by atoms with Crippen LogP contribution in [-0.2, 0) is 9.84 Å². The molecule has 0 fully saturated rings. The fraction of sp³-hybridized carbons (Fsp3) is 0.0714. The van der Waals surface area contributed by atoms with Gasteiger partial charge in [0.25, 0.3) is 0 Å². The van der Waals surface area contributed by atoms with Gasteiger partial charge in [-0.15, -0.1) is 0 Å². The molecule has 6 heteroatoms. The minimum atomic E-state index is -3.84. The van der Waals surface area contributed by atoms with Gasteiger partial charge in [0.1, 0.15) is 17.6 Å². The Kier molecular flexibility index (Phi) is 4.12. The van der Waals surface area contributed by atoms with E-state index in [9.17, 15) is 8.42 Å². The van der Waals surface area contributed by atoms with Crippen LogP contribution in [0.2, 0.25) is 0 Å². The number of sulfone groups is 1. The highest BCUT2D eigenvalue weighted by Crippen LogP contribution is 2.23. The standard InChI is InChI=1S/C14H10BrNO3S/c1-10-2-5-12(19-10)8-14(9-16)20(17,18)13-6-3-11(15)4-7-13/h2-8H,1H3.